The summed E-state index contributed by atoms with van der Waals surface area (Å²) in [6, 6.07) is 9.65. The average molecular weight is 177 g/mol. The van der Waals surface area contributed by atoms with Crippen molar-refractivity contribution in [2.75, 3.05) is 0 Å². The van der Waals surface area contributed by atoms with Crippen molar-refractivity contribution in [3.63, 3.8) is 0 Å². The Morgan fingerprint density at radius 3 is 2.69 bits per heavy atom. The molecule has 0 fully saturated rings. The maximum Gasteiger partial charge on any atom is 0.338 e. The summed E-state index contributed by atoms with van der Waals surface area (Å²) in [5.74, 6) is -0.261. The number of rotatable bonds is 3. The van der Waals surface area contributed by atoms with Gasteiger partial charge in [-0.15, -0.1) is 0 Å². The zero-order valence-electron chi connectivity index (χ0n) is 7.91. The molecule has 1 unspecified atom stereocenters. The lowest BCUT2D eigenvalue weighted by Crippen LogP contribution is -2.13. The van der Waals surface area contributed by atoms with E-state index < -0.39 is 0 Å². The van der Waals surface area contributed by atoms with E-state index in [2.05, 4.69) is 6.07 Å². The van der Waals surface area contributed by atoms with Gasteiger partial charge in [-0.25, -0.2) is 4.79 Å². The van der Waals surface area contributed by atoms with E-state index in [0.29, 0.717) is 5.56 Å². The molecule has 1 radical (unpaired) electrons. The van der Waals surface area contributed by atoms with E-state index in [1.165, 1.54) is 0 Å². The molecule has 0 heterocycles. The molecule has 0 aliphatic heterocycles. The first-order chi connectivity index (χ1) is 6.24. The third kappa shape index (κ3) is 2.90. The van der Waals surface area contributed by atoms with Gasteiger partial charge in [-0.1, -0.05) is 19.1 Å². The topological polar surface area (TPSA) is 26.3 Å². The van der Waals surface area contributed by atoms with E-state index in [-0.39, 0.29) is 12.1 Å². The van der Waals surface area contributed by atoms with Crippen LogP contribution in [0.4, 0.5) is 0 Å². The summed E-state index contributed by atoms with van der Waals surface area (Å²) in [4.78, 5) is 11.4. The van der Waals surface area contributed by atoms with Gasteiger partial charge in [-0.3, -0.25) is 0 Å². The molecule has 0 amide bonds. The quantitative estimate of drug-likeness (QED) is 0.663. The molecule has 2 heteroatoms. The fraction of sp³-hybridized carbons (Fsp3) is 0.364. The number of carbonyl (C=O) groups is 1. The maximum atomic E-state index is 11.4. The summed E-state index contributed by atoms with van der Waals surface area (Å²) >= 11 is 0. The van der Waals surface area contributed by atoms with E-state index in [9.17, 15) is 4.79 Å². The Bertz CT molecular complexity index is 267. The third-order valence-corrected chi connectivity index (χ3v) is 1.84. The van der Waals surface area contributed by atoms with Crippen LogP contribution in [-0.4, -0.2) is 12.1 Å². The lowest BCUT2D eigenvalue weighted by molar-refractivity contribution is 0.0334. The number of benzene rings is 1. The Hall–Kier alpha value is -1.31. The van der Waals surface area contributed by atoms with Gasteiger partial charge in [-0.05, 0) is 31.5 Å². The monoisotopic (exact) mass is 177 g/mol. The largest absolute Gasteiger partial charge is 0.459 e. The first-order valence-corrected chi connectivity index (χ1v) is 4.41. The summed E-state index contributed by atoms with van der Waals surface area (Å²) in [7, 11) is 0. The van der Waals surface area contributed by atoms with Crippen molar-refractivity contribution >= 4 is 5.97 Å². The molecule has 1 aromatic rings. The van der Waals surface area contributed by atoms with Gasteiger partial charge in [0.1, 0.15) is 0 Å². The second-order valence-electron chi connectivity index (χ2n) is 2.91. The molecule has 1 aromatic carbocycles. The molecule has 0 saturated heterocycles. The first kappa shape index (κ1) is 9.78. The van der Waals surface area contributed by atoms with E-state index >= 15 is 0 Å². The Balaban J connectivity index is 2.59. The van der Waals surface area contributed by atoms with Crippen molar-refractivity contribution in [3.8, 4) is 0 Å². The molecule has 2 nitrogen and oxygen atoms in total. The highest BCUT2D eigenvalue weighted by molar-refractivity contribution is 5.89. The van der Waals surface area contributed by atoms with Crippen molar-refractivity contribution in [2.45, 2.75) is 26.4 Å². The van der Waals surface area contributed by atoms with Crippen molar-refractivity contribution in [1.29, 1.82) is 0 Å². The van der Waals surface area contributed by atoms with Crippen LogP contribution in [0.3, 0.4) is 0 Å². The second-order valence-corrected chi connectivity index (χ2v) is 2.91. The van der Waals surface area contributed by atoms with Gasteiger partial charge in [0, 0.05) is 0 Å². The van der Waals surface area contributed by atoms with E-state index in [1.807, 2.05) is 13.8 Å². The van der Waals surface area contributed by atoms with Crippen LogP contribution in [0.1, 0.15) is 30.6 Å². The van der Waals surface area contributed by atoms with Crippen LogP contribution in [-0.2, 0) is 4.74 Å². The van der Waals surface area contributed by atoms with Crippen LogP contribution in [0, 0.1) is 6.07 Å². The molecule has 0 bridgehead atoms. The van der Waals surface area contributed by atoms with Crippen LogP contribution in [0.5, 0.6) is 0 Å². The Morgan fingerprint density at radius 1 is 1.54 bits per heavy atom. The minimum atomic E-state index is -0.261. The molecular weight excluding hydrogens is 164 g/mol. The predicted octanol–water partition coefficient (Wildman–Crippen LogP) is 2.44. The fourth-order valence-electron chi connectivity index (χ4n) is 0.857. The van der Waals surface area contributed by atoms with E-state index in [4.69, 9.17) is 4.74 Å². The van der Waals surface area contributed by atoms with Crippen molar-refractivity contribution < 1.29 is 9.53 Å². The number of carbonyl (C=O) groups excluding carboxylic acids is 1. The maximum absolute atomic E-state index is 11.4. The number of esters is 1. The van der Waals surface area contributed by atoms with Crippen molar-refractivity contribution in [2.24, 2.45) is 0 Å². The summed E-state index contributed by atoms with van der Waals surface area (Å²) in [6.45, 7) is 3.86. The lowest BCUT2D eigenvalue weighted by atomic mass is 10.2. The SMILES string of the molecule is CCC(C)OC(=O)c1cc[c]cc1. The zero-order chi connectivity index (χ0) is 9.68. The Kier molecular flexibility index (Phi) is 3.50. The van der Waals surface area contributed by atoms with Crippen LogP contribution in [0.2, 0.25) is 0 Å². The van der Waals surface area contributed by atoms with Crippen molar-refractivity contribution in [1.82, 2.24) is 0 Å². The molecule has 0 N–H and O–H groups in total. The first-order valence-electron chi connectivity index (χ1n) is 4.41. The van der Waals surface area contributed by atoms with Gasteiger partial charge in [0.05, 0.1) is 11.7 Å². The zero-order valence-corrected chi connectivity index (χ0v) is 7.91. The molecule has 0 spiro atoms. The Labute approximate surface area is 78.5 Å². The molecule has 0 aliphatic rings. The van der Waals surface area contributed by atoms with Gasteiger partial charge < -0.3 is 4.74 Å². The van der Waals surface area contributed by atoms with Crippen molar-refractivity contribution in [3.05, 3.63) is 35.9 Å². The molecule has 0 aromatic heterocycles. The standard InChI is InChI=1S/C11H13O2/c1-3-9(2)13-11(12)10-7-5-4-6-8-10/h5-9H,3H2,1-2H3. The molecule has 0 aliphatic carbocycles. The number of hydrogen-bond acceptors (Lipinski definition) is 2. The number of hydrogen-bond donors (Lipinski definition) is 0. The molecule has 1 rings (SSSR count). The molecule has 69 valence electrons. The minimum absolute atomic E-state index is 0.0170. The second kappa shape index (κ2) is 4.65. The van der Waals surface area contributed by atoms with Gasteiger partial charge >= 0.3 is 5.97 Å². The summed E-state index contributed by atoms with van der Waals surface area (Å²) in [5, 5.41) is 0. The van der Waals surface area contributed by atoms with Crippen LogP contribution < -0.4 is 0 Å². The van der Waals surface area contributed by atoms with E-state index in [1.54, 1.807) is 24.3 Å². The van der Waals surface area contributed by atoms with Crippen LogP contribution >= 0.6 is 0 Å². The van der Waals surface area contributed by atoms with Gasteiger partial charge in [0.2, 0.25) is 0 Å². The summed E-state index contributed by atoms with van der Waals surface area (Å²) < 4.78 is 5.13. The van der Waals surface area contributed by atoms with E-state index in [0.717, 1.165) is 6.42 Å². The summed E-state index contributed by atoms with van der Waals surface area (Å²) in [5.41, 5.74) is 0.582. The van der Waals surface area contributed by atoms with Gasteiger partial charge in [0.15, 0.2) is 0 Å². The highest BCUT2D eigenvalue weighted by Crippen LogP contribution is 2.04. The lowest BCUT2D eigenvalue weighted by Gasteiger charge is -2.10. The van der Waals surface area contributed by atoms with Crippen LogP contribution in [0.15, 0.2) is 24.3 Å². The molecule has 1 atom stereocenters. The highest BCUT2D eigenvalue weighted by Gasteiger charge is 2.08. The third-order valence-electron chi connectivity index (χ3n) is 1.84. The van der Waals surface area contributed by atoms with Gasteiger partial charge in [-0.2, -0.15) is 0 Å². The predicted molar refractivity (Wildman–Crippen MR) is 50.4 cm³/mol. The average Bonchev–Trinajstić information content (AvgIpc) is 2.19. The van der Waals surface area contributed by atoms with Crippen LogP contribution in [0.25, 0.3) is 0 Å². The smallest absolute Gasteiger partial charge is 0.338 e. The molecule has 13 heavy (non-hydrogen) atoms. The minimum Gasteiger partial charge on any atom is -0.459 e. The normalized spacial score (nSPS) is 12.2. The fourth-order valence-corrected chi connectivity index (χ4v) is 0.857. The molecule has 0 saturated carbocycles. The Morgan fingerprint density at radius 2 is 2.15 bits per heavy atom. The molecular formula is C11H13O2. The number of ether oxygens (including phenoxy) is 1. The van der Waals surface area contributed by atoms with Gasteiger partial charge in [0.25, 0.3) is 0 Å². The summed E-state index contributed by atoms with van der Waals surface area (Å²) in [6.07, 6.45) is 0.821. The highest BCUT2D eigenvalue weighted by atomic mass is 16.5.